The number of hydrogen-bond donors (Lipinski definition) is 0. The van der Waals surface area contributed by atoms with Crippen molar-refractivity contribution in [1.82, 2.24) is 9.29 Å². The summed E-state index contributed by atoms with van der Waals surface area (Å²) in [5.74, 6) is 1.28. The molecule has 0 amide bonds. The lowest BCUT2D eigenvalue weighted by molar-refractivity contribution is 0.443. The van der Waals surface area contributed by atoms with Crippen LogP contribution in [0.15, 0.2) is 23.2 Å². The summed E-state index contributed by atoms with van der Waals surface area (Å²) in [6.45, 7) is 3.79. The van der Waals surface area contributed by atoms with Crippen molar-refractivity contribution < 1.29 is 8.42 Å². The van der Waals surface area contributed by atoms with Crippen LogP contribution in [0.4, 0.5) is 5.82 Å². The number of hydrogen-bond acceptors (Lipinski definition) is 4. The van der Waals surface area contributed by atoms with Crippen LogP contribution in [0.5, 0.6) is 0 Å². The first-order valence-electron chi connectivity index (χ1n) is 6.60. The van der Waals surface area contributed by atoms with Gasteiger partial charge < -0.3 is 4.90 Å². The Bertz CT molecular complexity index is 559. The van der Waals surface area contributed by atoms with Crippen molar-refractivity contribution in [3.63, 3.8) is 0 Å². The Morgan fingerprint density at radius 3 is 2.60 bits per heavy atom. The number of aromatic nitrogens is 1. The molecule has 20 heavy (non-hydrogen) atoms. The molecule has 0 aliphatic carbocycles. The molecule has 1 aromatic heterocycles. The fraction of sp³-hybridized carbons (Fsp3) is 0.615. The number of rotatable bonds is 3. The van der Waals surface area contributed by atoms with Crippen molar-refractivity contribution >= 4 is 27.4 Å². The van der Waals surface area contributed by atoms with Gasteiger partial charge in [-0.15, -0.1) is 11.6 Å². The molecule has 0 aromatic carbocycles. The maximum Gasteiger partial charge on any atom is 0.244 e. The third-order valence-corrected chi connectivity index (χ3v) is 6.06. The van der Waals surface area contributed by atoms with Gasteiger partial charge in [-0.3, -0.25) is 0 Å². The van der Waals surface area contributed by atoms with E-state index in [-0.39, 0.29) is 10.3 Å². The monoisotopic (exact) mass is 317 g/mol. The molecular weight excluding hydrogens is 298 g/mol. The number of halogens is 1. The molecule has 1 saturated heterocycles. The SMILES string of the molecule is CC1CCN(c2ccc(S(=O)(=O)N(C)C)cn2)CC1Cl. The molecule has 0 bridgehead atoms. The highest BCUT2D eigenvalue weighted by Gasteiger charge is 2.25. The third kappa shape index (κ3) is 3.07. The van der Waals surface area contributed by atoms with Crippen LogP contribution in [-0.4, -0.2) is 50.3 Å². The average Bonchev–Trinajstić information content (AvgIpc) is 2.42. The highest BCUT2D eigenvalue weighted by molar-refractivity contribution is 7.89. The van der Waals surface area contributed by atoms with E-state index in [2.05, 4.69) is 16.8 Å². The normalized spacial score (nSPS) is 24.1. The summed E-state index contributed by atoms with van der Waals surface area (Å²) in [5.41, 5.74) is 0. The molecule has 1 aliphatic heterocycles. The minimum atomic E-state index is -3.42. The number of nitrogens with zero attached hydrogens (tertiary/aromatic N) is 3. The van der Waals surface area contributed by atoms with Gasteiger partial charge >= 0.3 is 0 Å². The van der Waals surface area contributed by atoms with Crippen molar-refractivity contribution in [3.8, 4) is 0 Å². The van der Waals surface area contributed by atoms with Gasteiger partial charge in [0.1, 0.15) is 10.7 Å². The van der Waals surface area contributed by atoms with Crippen LogP contribution < -0.4 is 4.90 Å². The molecule has 7 heteroatoms. The zero-order chi connectivity index (χ0) is 14.9. The van der Waals surface area contributed by atoms with E-state index < -0.39 is 10.0 Å². The summed E-state index contributed by atoms with van der Waals surface area (Å²) in [5, 5.41) is 0.107. The Morgan fingerprint density at radius 1 is 1.40 bits per heavy atom. The van der Waals surface area contributed by atoms with Gasteiger partial charge in [0.2, 0.25) is 10.0 Å². The van der Waals surface area contributed by atoms with E-state index in [1.54, 1.807) is 12.1 Å². The van der Waals surface area contributed by atoms with E-state index in [9.17, 15) is 8.42 Å². The second-order valence-corrected chi connectivity index (χ2v) is 8.08. The fourth-order valence-electron chi connectivity index (χ4n) is 2.15. The highest BCUT2D eigenvalue weighted by atomic mass is 35.5. The minimum absolute atomic E-state index is 0.107. The lowest BCUT2D eigenvalue weighted by Crippen LogP contribution is -2.40. The number of alkyl halides is 1. The van der Waals surface area contributed by atoms with Gasteiger partial charge in [0.25, 0.3) is 0 Å². The number of anilines is 1. The molecule has 112 valence electrons. The molecule has 1 aliphatic rings. The van der Waals surface area contributed by atoms with E-state index in [4.69, 9.17) is 11.6 Å². The Balaban J connectivity index is 2.17. The van der Waals surface area contributed by atoms with Gasteiger partial charge in [0.15, 0.2) is 0 Å². The Kier molecular flexibility index (Phi) is 4.56. The summed E-state index contributed by atoms with van der Waals surface area (Å²) in [7, 11) is -0.403. The quantitative estimate of drug-likeness (QED) is 0.798. The molecule has 1 aromatic rings. The van der Waals surface area contributed by atoms with Crippen LogP contribution in [0.1, 0.15) is 13.3 Å². The fourth-order valence-corrected chi connectivity index (χ4v) is 3.29. The van der Waals surface area contributed by atoms with Crippen LogP contribution in [0, 0.1) is 5.92 Å². The first-order valence-corrected chi connectivity index (χ1v) is 8.47. The molecule has 2 rings (SSSR count). The second-order valence-electron chi connectivity index (χ2n) is 5.37. The lowest BCUT2D eigenvalue weighted by atomic mass is 9.99. The maximum atomic E-state index is 12.0. The standard InChI is InChI=1S/C13H20ClN3O2S/c1-10-6-7-17(9-12(10)14)13-5-4-11(8-15-13)20(18,19)16(2)3/h4-5,8,10,12H,6-7,9H2,1-3H3. The molecule has 2 heterocycles. The van der Waals surface area contributed by atoms with Gasteiger partial charge in [-0.2, -0.15) is 0 Å². The number of sulfonamides is 1. The third-order valence-electron chi connectivity index (χ3n) is 3.69. The van der Waals surface area contributed by atoms with Crippen LogP contribution >= 0.6 is 11.6 Å². The molecular formula is C13H20ClN3O2S. The van der Waals surface area contributed by atoms with Gasteiger partial charge in [0, 0.05) is 33.4 Å². The largest absolute Gasteiger partial charge is 0.355 e. The molecule has 0 N–H and O–H groups in total. The maximum absolute atomic E-state index is 12.0. The van der Waals surface area contributed by atoms with Gasteiger partial charge in [-0.25, -0.2) is 17.7 Å². The molecule has 2 atom stereocenters. The van der Waals surface area contributed by atoms with E-state index in [1.807, 2.05) is 0 Å². The Hall–Kier alpha value is -0.850. The van der Waals surface area contributed by atoms with Crippen molar-refractivity contribution in [2.75, 3.05) is 32.1 Å². The van der Waals surface area contributed by atoms with E-state index in [0.717, 1.165) is 25.3 Å². The average molecular weight is 318 g/mol. The first kappa shape index (κ1) is 15.5. The van der Waals surface area contributed by atoms with Crippen LogP contribution in [0.25, 0.3) is 0 Å². The van der Waals surface area contributed by atoms with Gasteiger partial charge in [-0.05, 0) is 24.5 Å². The van der Waals surface area contributed by atoms with Crippen molar-refractivity contribution in [2.24, 2.45) is 5.92 Å². The summed E-state index contributed by atoms with van der Waals surface area (Å²) in [6.07, 6.45) is 2.43. The number of piperidine rings is 1. The summed E-state index contributed by atoms with van der Waals surface area (Å²) in [6, 6.07) is 3.34. The molecule has 0 radical (unpaired) electrons. The van der Waals surface area contributed by atoms with Crippen LogP contribution in [-0.2, 0) is 10.0 Å². The summed E-state index contributed by atoms with van der Waals surface area (Å²) >= 11 is 6.29. The van der Waals surface area contributed by atoms with E-state index >= 15 is 0 Å². The smallest absolute Gasteiger partial charge is 0.244 e. The topological polar surface area (TPSA) is 53.5 Å². The van der Waals surface area contributed by atoms with Gasteiger partial charge in [-0.1, -0.05) is 6.92 Å². The predicted molar refractivity (Wildman–Crippen MR) is 80.7 cm³/mol. The molecule has 0 saturated carbocycles. The Labute approximate surface area is 125 Å². The van der Waals surface area contributed by atoms with Gasteiger partial charge in [0.05, 0.1) is 5.38 Å². The molecule has 1 fully saturated rings. The van der Waals surface area contributed by atoms with E-state index in [0.29, 0.717) is 5.92 Å². The van der Waals surface area contributed by atoms with Crippen molar-refractivity contribution in [1.29, 1.82) is 0 Å². The van der Waals surface area contributed by atoms with Crippen molar-refractivity contribution in [2.45, 2.75) is 23.6 Å². The van der Waals surface area contributed by atoms with Crippen molar-refractivity contribution in [3.05, 3.63) is 18.3 Å². The summed E-state index contributed by atoms with van der Waals surface area (Å²) < 4.78 is 25.1. The first-order chi connectivity index (χ1) is 9.32. The number of pyridine rings is 1. The molecule has 5 nitrogen and oxygen atoms in total. The van der Waals surface area contributed by atoms with E-state index in [1.165, 1.54) is 24.6 Å². The molecule has 2 unspecified atom stereocenters. The predicted octanol–water partition coefficient (Wildman–Crippen LogP) is 1.79. The second kappa shape index (κ2) is 5.87. The van der Waals surface area contributed by atoms with Crippen LogP contribution in [0.2, 0.25) is 0 Å². The van der Waals surface area contributed by atoms with Crippen LogP contribution in [0.3, 0.4) is 0 Å². The lowest BCUT2D eigenvalue weighted by Gasteiger charge is -2.34. The zero-order valence-corrected chi connectivity index (χ0v) is 13.5. The molecule has 0 spiro atoms. The minimum Gasteiger partial charge on any atom is -0.355 e. The zero-order valence-electron chi connectivity index (χ0n) is 12.0. The summed E-state index contributed by atoms with van der Waals surface area (Å²) in [4.78, 5) is 6.58. The Morgan fingerprint density at radius 2 is 2.10 bits per heavy atom. The highest BCUT2D eigenvalue weighted by Crippen LogP contribution is 2.25.